The lowest BCUT2D eigenvalue weighted by atomic mass is 9.79. The maximum absolute atomic E-state index is 11.9. The molecule has 0 aromatic heterocycles. The third-order valence-electron chi connectivity index (χ3n) is 3.91. The second kappa shape index (κ2) is 7.09. The van der Waals surface area contributed by atoms with Crippen LogP contribution in [0, 0.1) is 5.92 Å². The summed E-state index contributed by atoms with van der Waals surface area (Å²) in [5.41, 5.74) is 1.40. The Morgan fingerprint density at radius 1 is 1.35 bits per heavy atom. The van der Waals surface area contributed by atoms with Crippen molar-refractivity contribution in [3.05, 3.63) is 35.9 Å². The zero-order valence-electron chi connectivity index (χ0n) is 12.5. The predicted molar refractivity (Wildman–Crippen MR) is 85.3 cm³/mol. The minimum absolute atomic E-state index is 0. The highest BCUT2D eigenvalue weighted by molar-refractivity contribution is 5.85. The monoisotopic (exact) mass is 296 g/mol. The van der Waals surface area contributed by atoms with Crippen molar-refractivity contribution in [1.29, 1.82) is 0 Å². The van der Waals surface area contributed by atoms with E-state index in [1.807, 2.05) is 6.07 Å². The van der Waals surface area contributed by atoms with Gasteiger partial charge in [-0.15, -0.1) is 12.4 Å². The number of halogens is 1. The molecule has 0 aliphatic carbocycles. The van der Waals surface area contributed by atoms with Gasteiger partial charge in [-0.05, 0) is 24.3 Å². The lowest BCUT2D eigenvalue weighted by molar-refractivity contribution is -0.127. The van der Waals surface area contributed by atoms with Crippen LogP contribution in [0.1, 0.15) is 32.8 Å². The molecule has 1 saturated heterocycles. The first-order valence-corrected chi connectivity index (χ1v) is 7.05. The van der Waals surface area contributed by atoms with E-state index in [1.165, 1.54) is 5.56 Å². The highest BCUT2D eigenvalue weighted by atomic mass is 35.5. The van der Waals surface area contributed by atoms with Crippen LogP contribution in [0.15, 0.2) is 30.3 Å². The van der Waals surface area contributed by atoms with Crippen molar-refractivity contribution in [2.45, 2.75) is 38.6 Å². The van der Waals surface area contributed by atoms with Crippen molar-refractivity contribution in [3.8, 4) is 0 Å². The number of carbonyl (C=O) groups excluding carboxylic acids is 1. The highest BCUT2D eigenvalue weighted by Gasteiger charge is 2.28. The number of amides is 1. The Bertz CT molecular complexity index is 429. The summed E-state index contributed by atoms with van der Waals surface area (Å²) in [7, 11) is 0. The van der Waals surface area contributed by atoms with Crippen LogP contribution in [-0.2, 0) is 10.2 Å². The molecule has 1 heterocycles. The molecule has 1 atom stereocenters. The smallest absolute Gasteiger partial charge is 0.225 e. The van der Waals surface area contributed by atoms with Gasteiger partial charge < -0.3 is 10.6 Å². The molecule has 1 aliphatic rings. The lowest BCUT2D eigenvalue weighted by Crippen LogP contribution is -2.52. The summed E-state index contributed by atoms with van der Waals surface area (Å²) in [6.07, 6.45) is 0.947. The summed E-state index contributed by atoms with van der Waals surface area (Å²) in [6.45, 7) is 8.20. The van der Waals surface area contributed by atoms with Crippen LogP contribution in [-0.4, -0.2) is 25.0 Å². The van der Waals surface area contributed by atoms with Crippen molar-refractivity contribution in [1.82, 2.24) is 10.6 Å². The van der Waals surface area contributed by atoms with Gasteiger partial charge in [-0.3, -0.25) is 4.79 Å². The second-order valence-corrected chi connectivity index (χ2v) is 6.22. The molecule has 4 heteroatoms. The molecule has 20 heavy (non-hydrogen) atoms. The number of carbonyl (C=O) groups is 1. The van der Waals surface area contributed by atoms with Gasteiger partial charge in [0.15, 0.2) is 0 Å². The Kier molecular flexibility index (Phi) is 6.03. The van der Waals surface area contributed by atoms with Gasteiger partial charge in [-0.25, -0.2) is 0 Å². The van der Waals surface area contributed by atoms with Gasteiger partial charge in [0.1, 0.15) is 0 Å². The fourth-order valence-electron chi connectivity index (χ4n) is 2.66. The van der Waals surface area contributed by atoms with Crippen LogP contribution in [0.5, 0.6) is 0 Å². The van der Waals surface area contributed by atoms with Crippen LogP contribution < -0.4 is 10.6 Å². The van der Waals surface area contributed by atoms with E-state index < -0.39 is 0 Å². The molecule has 1 aliphatic heterocycles. The third-order valence-corrected chi connectivity index (χ3v) is 3.91. The maximum Gasteiger partial charge on any atom is 0.225 e. The van der Waals surface area contributed by atoms with Crippen molar-refractivity contribution in [3.63, 3.8) is 0 Å². The lowest BCUT2D eigenvalue weighted by Gasteiger charge is -2.32. The maximum atomic E-state index is 11.9. The largest absolute Gasteiger partial charge is 0.353 e. The topological polar surface area (TPSA) is 41.1 Å². The van der Waals surface area contributed by atoms with Crippen molar-refractivity contribution < 1.29 is 4.79 Å². The van der Waals surface area contributed by atoms with Gasteiger partial charge in [0.2, 0.25) is 5.91 Å². The average Bonchev–Trinajstić information content (AvgIpc) is 2.26. The van der Waals surface area contributed by atoms with Crippen LogP contribution in [0.3, 0.4) is 0 Å². The Morgan fingerprint density at radius 2 is 1.95 bits per heavy atom. The Morgan fingerprint density at radius 3 is 2.45 bits per heavy atom. The molecule has 1 amide bonds. The average molecular weight is 297 g/mol. The van der Waals surface area contributed by atoms with Gasteiger partial charge in [-0.1, -0.05) is 44.2 Å². The molecular weight excluding hydrogens is 272 g/mol. The first kappa shape index (κ1) is 17.0. The standard InChI is InChI=1S/C16H24N2O.ClH/c1-12(18-15(19)13-10-17-11-13)9-16(2,3)14-7-5-4-6-8-14;/h4-8,12-13,17H,9-11H2,1-3H3,(H,18,19);1H. The van der Waals surface area contributed by atoms with Crippen molar-refractivity contribution >= 4 is 18.3 Å². The normalized spacial score (nSPS) is 16.8. The van der Waals surface area contributed by atoms with E-state index in [1.54, 1.807) is 0 Å². The molecule has 2 rings (SSSR count). The predicted octanol–water partition coefficient (Wildman–Crippen LogP) is 2.50. The molecule has 3 nitrogen and oxygen atoms in total. The first-order valence-electron chi connectivity index (χ1n) is 7.05. The van der Waals surface area contributed by atoms with Crippen LogP contribution in [0.2, 0.25) is 0 Å². The number of hydrogen-bond donors (Lipinski definition) is 2. The van der Waals surface area contributed by atoms with Crippen LogP contribution >= 0.6 is 12.4 Å². The minimum atomic E-state index is 0. The quantitative estimate of drug-likeness (QED) is 0.876. The van der Waals surface area contributed by atoms with Gasteiger partial charge in [-0.2, -0.15) is 0 Å². The summed E-state index contributed by atoms with van der Waals surface area (Å²) < 4.78 is 0. The number of benzene rings is 1. The molecule has 1 unspecified atom stereocenters. The molecule has 0 spiro atoms. The minimum Gasteiger partial charge on any atom is -0.353 e. The summed E-state index contributed by atoms with van der Waals surface area (Å²) in [6, 6.07) is 10.7. The molecule has 1 fully saturated rings. The van der Waals surface area contributed by atoms with Crippen molar-refractivity contribution in [2.75, 3.05) is 13.1 Å². The number of nitrogens with one attached hydrogen (secondary N) is 2. The molecule has 0 radical (unpaired) electrons. The highest BCUT2D eigenvalue weighted by Crippen LogP contribution is 2.28. The van der Waals surface area contributed by atoms with Gasteiger partial charge in [0.05, 0.1) is 5.92 Å². The fraction of sp³-hybridized carbons (Fsp3) is 0.562. The summed E-state index contributed by atoms with van der Waals surface area (Å²) in [5, 5.41) is 6.26. The van der Waals surface area contributed by atoms with E-state index in [9.17, 15) is 4.79 Å². The first-order chi connectivity index (χ1) is 8.99. The summed E-state index contributed by atoms with van der Waals surface area (Å²) in [4.78, 5) is 11.9. The van der Waals surface area contributed by atoms with E-state index in [2.05, 4.69) is 55.7 Å². The van der Waals surface area contributed by atoms with Crippen LogP contribution in [0.4, 0.5) is 0 Å². The van der Waals surface area contributed by atoms with Crippen molar-refractivity contribution in [2.24, 2.45) is 5.92 Å². The van der Waals surface area contributed by atoms with Gasteiger partial charge in [0.25, 0.3) is 0 Å². The van der Waals surface area contributed by atoms with E-state index in [-0.39, 0.29) is 35.7 Å². The summed E-state index contributed by atoms with van der Waals surface area (Å²) in [5.74, 6) is 0.359. The fourth-order valence-corrected chi connectivity index (χ4v) is 2.66. The van der Waals surface area contributed by atoms with E-state index >= 15 is 0 Å². The zero-order valence-corrected chi connectivity index (χ0v) is 13.3. The van der Waals surface area contributed by atoms with Gasteiger partial charge >= 0.3 is 0 Å². The molecule has 1 aromatic rings. The van der Waals surface area contributed by atoms with Crippen LogP contribution in [0.25, 0.3) is 0 Å². The molecule has 112 valence electrons. The Labute approximate surface area is 127 Å². The third kappa shape index (κ3) is 4.22. The number of rotatable bonds is 5. The Hall–Kier alpha value is -1.06. The van der Waals surface area contributed by atoms with E-state index in [0.29, 0.717) is 0 Å². The zero-order chi connectivity index (χ0) is 13.9. The SMILES string of the molecule is CC(CC(C)(C)c1ccccc1)NC(=O)C1CNC1.Cl. The Balaban J connectivity index is 0.00000200. The van der Waals surface area contributed by atoms with E-state index in [4.69, 9.17) is 0 Å². The molecule has 0 bridgehead atoms. The second-order valence-electron chi connectivity index (χ2n) is 6.22. The molecule has 2 N–H and O–H groups in total. The molecular formula is C16H25ClN2O. The summed E-state index contributed by atoms with van der Waals surface area (Å²) >= 11 is 0. The number of hydrogen-bond acceptors (Lipinski definition) is 2. The molecule has 1 aromatic carbocycles. The van der Waals surface area contributed by atoms with E-state index in [0.717, 1.165) is 19.5 Å². The molecule has 0 saturated carbocycles. The van der Waals surface area contributed by atoms with Gasteiger partial charge in [0, 0.05) is 19.1 Å².